The van der Waals surface area contributed by atoms with Crippen LogP contribution in [0.5, 0.6) is 0 Å². The van der Waals surface area contributed by atoms with E-state index in [1.165, 1.54) is 10.8 Å². The third kappa shape index (κ3) is 7.27. The molecule has 2 N–H and O–H groups in total. The van der Waals surface area contributed by atoms with E-state index < -0.39 is 47.9 Å². The van der Waals surface area contributed by atoms with Gasteiger partial charge in [-0.1, -0.05) is 53.1 Å². The molecule has 3 aromatic carbocycles. The highest BCUT2D eigenvalue weighted by Gasteiger charge is 2.61. The zero-order valence-corrected chi connectivity index (χ0v) is 29.0. The van der Waals surface area contributed by atoms with E-state index in [-0.39, 0.29) is 35.6 Å². The first-order valence-electron chi connectivity index (χ1n) is 16.6. The number of nitrogen functional groups attached to an aromatic ring is 1. The van der Waals surface area contributed by atoms with Gasteiger partial charge in [0, 0.05) is 11.8 Å². The molecule has 2 aliphatic rings. The largest absolute Gasteiger partial charge is 0.459 e. The van der Waals surface area contributed by atoms with Gasteiger partial charge >= 0.3 is 24.0 Å². The highest BCUT2D eigenvalue weighted by Crippen LogP contribution is 2.49. The number of benzene rings is 3. The van der Waals surface area contributed by atoms with Gasteiger partial charge in [-0.05, 0) is 71.0 Å². The van der Waals surface area contributed by atoms with Crippen molar-refractivity contribution in [3.8, 4) is 0 Å². The number of ether oxygens (including phenoxy) is 5. The second-order valence-electron chi connectivity index (χ2n) is 12.8. The number of aliphatic imine (C=N–C) groups is 1. The zero-order valence-electron chi connectivity index (χ0n) is 29.0. The number of hydrogen-bond donors (Lipinski definition) is 1. The minimum Gasteiger partial charge on any atom is -0.459 e. The number of hydrogen-bond acceptors (Lipinski definition) is 11. The van der Waals surface area contributed by atoms with E-state index >= 15 is 0 Å². The summed E-state index contributed by atoms with van der Waals surface area (Å²) in [4.78, 5) is 58.1. The van der Waals surface area contributed by atoms with Crippen LogP contribution in [0.2, 0.25) is 0 Å². The molecule has 1 fully saturated rings. The number of carbonyl (C=O) groups is 4. The van der Waals surface area contributed by atoms with Gasteiger partial charge in [0.1, 0.15) is 18.8 Å². The van der Waals surface area contributed by atoms with Gasteiger partial charge in [0.05, 0.1) is 46.9 Å². The molecule has 51 heavy (non-hydrogen) atoms. The Kier molecular flexibility index (Phi) is 9.80. The maximum Gasteiger partial charge on any atom is 0.418 e. The Morgan fingerprint density at radius 1 is 0.824 bits per heavy atom. The summed E-state index contributed by atoms with van der Waals surface area (Å²) < 4.78 is 31.3. The molecule has 6 rings (SSSR count). The van der Waals surface area contributed by atoms with Crippen molar-refractivity contribution in [3.63, 3.8) is 0 Å². The minimum absolute atomic E-state index is 0.107. The Morgan fingerprint density at radius 3 is 1.84 bits per heavy atom. The highest BCUT2D eigenvalue weighted by molar-refractivity contribution is 6.14. The molecule has 4 atom stereocenters. The summed E-state index contributed by atoms with van der Waals surface area (Å²) in [7, 11) is 0. The van der Waals surface area contributed by atoms with Gasteiger partial charge < -0.3 is 29.4 Å². The van der Waals surface area contributed by atoms with Crippen molar-refractivity contribution >= 4 is 35.4 Å². The van der Waals surface area contributed by atoms with Crippen molar-refractivity contribution in [1.82, 2.24) is 4.57 Å². The lowest BCUT2D eigenvalue weighted by Crippen LogP contribution is -2.49. The number of nitrogens with two attached hydrogens (primary N) is 1. The number of aryl methyl sites for hydroxylation is 3. The molecule has 0 amide bonds. The molecule has 0 bridgehead atoms. The molecule has 0 saturated carbocycles. The summed E-state index contributed by atoms with van der Waals surface area (Å²) in [5.41, 5.74) is 9.87. The average molecular weight is 694 g/mol. The summed E-state index contributed by atoms with van der Waals surface area (Å²) >= 11 is 0. The van der Waals surface area contributed by atoms with E-state index in [0.717, 1.165) is 16.7 Å². The summed E-state index contributed by atoms with van der Waals surface area (Å²) in [6.45, 7) is 9.01. The first-order chi connectivity index (χ1) is 24.4. The van der Waals surface area contributed by atoms with E-state index in [0.29, 0.717) is 23.5 Å². The van der Waals surface area contributed by atoms with Crippen LogP contribution in [0.3, 0.4) is 0 Å². The third-order valence-electron chi connectivity index (χ3n) is 8.93. The van der Waals surface area contributed by atoms with Crippen LogP contribution in [0.4, 0.5) is 10.5 Å². The maximum absolute atomic E-state index is 13.9. The van der Waals surface area contributed by atoms with Crippen molar-refractivity contribution in [1.29, 1.82) is 0 Å². The fourth-order valence-electron chi connectivity index (χ4n) is 6.03. The molecule has 1 aromatic heterocycles. The smallest absolute Gasteiger partial charge is 0.418 e. The van der Waals surface area contributed by atoms with Gasteiger partial charge in [-0.2, -0.15) is 0 Å². The van der Waals surface area contributed by atoms with Crippen LogP contribution in [0, 0.1) is 20.8 Å². The lowest BCUT2D eigenvalue weighted by Gasteiger charge is -2.34. The number of aromatic nitrogens is 1. The van der Waals surface area contributed by atoms with Crippen LogP contribution in [0.15, 0.2) is 84.0 Å². The first kappa shape index (κ1) is 35.1. The molecule has 12 nitrogen and oxygen atoms in total. The number of carbonyl (C=O) groups excluding carboxylic acids is 4. The van der Waals surface area contributed by atoms with E-state index in [4.69, 9.17) is 29.4 Å². The molecule has 12 heteroatoms. The van der Waals surface area contributed by atoms with Gasteiger partial charge in [-0.3, -0.25) is 4.99 Å². The third-order valence-corrected chi connectivity index (χ3v) is 8.93. The summed E-state index contributed by atoms with van der Waals surface area (Å²) in [5.74, 6) is -2.08. The molecule has 1 saturated heterocycles. The Balaban J connectivity index is 1.43. The van der Waals surface area contributed by atoms with Gasteiger partial charge in [0.25, 0.3) is 0 Å². The average Bonchev–Trinajstić information content (AvgIpc) is 3.84. The summed E-state index contributed by atoms with van der Waals surface area (Å²) in [6.07, 6.45) is -2.95. The standard InChI is InChI=1S/C39H39N3O9/c1-6-47-38(46)42-20-28(31(40)32(42)29-19-41-29)33-39(5,51-37(45)27-17-11-24(4)12-18-27)34(50-36(44)26-15-9-23(3)10-16-26)30(49-33)21-48-35(43)25-13-7-22(2)8-14-25/h7-18,20,30,33-34H,6,19,21,40H2,1-5H3/t30-,33?,34-,39+/m1/s1. The molecule has 0 aliphatic carbocycles. The van der Waals surface area contributed by atoms with E-state index in [9.17, 15) is 19.2 Å². The normalized spacial score (nSPS) is 20.6. The predicted molar refractivity (Wildman–Crippen MR) is 187 cm³/mol. The number of nitrogens with zero attached hydrogens (tertiary/aromatic N) is 2. The number of anilines is 1. The van der Waals surface area contributed by atoms with Crippen LogP contribution in [0.1, 0.15) is 79.0 Å². The Hall–Kier alpha value is -5.75. The van der Waals surface area contributed by atoms with Crippen LogP contribution in [-0.2, 0) is 23.7 Å². The van der Waals surface area contributed by atoms with E-state index in [2.05, 4.69) is 4.99 Å². The fourth-order valence-corrected chi connectivity index (χ4v) is 6.03. The summed E-state index contributed by atoms with van der Waals surface area (Å²) in [6, 6.07) is 20.4. The molecule has 0 radical (unpaired) electrons. The van der Waals surface area contributed by atoms with Crippen LogP contribution < -0.4 is 5.73 Å². The van der Waals surface area contributed by atoms with Crippen molar-refractivity contribution in [2.45, 2.75) is 58.5 Å². The quantitative estimate of drug-likeness (QED) is 0.156. The second kappa shape index (κ2) is 14.2. The lowest BCUT2D eigenvalue weighted by atomic mass is 9.88. The molecule has 3 heterocycles. The predicted octanol–water partition coefficient (Wildman–Crippen LogP) is 5.94. The van der Waals surface area contributed by atoms with Gasteiger partial charge in [0.15, 0.2) is 11.7 Å². The van der Waals surface area contributed by atoms with Crippen LogP contribution in [-0.4, -0.2) is 71.8 Å². The molecular formula is C39H39N3O9. The van der Waals surface area contributed by atoms with E-state index in [1.54, 1.807) is 86.6 Å². The first-order valence-corrected chi connectivity index (χ1v) is 16.6. The monoisotopic (exact) mass is 693 g/mol. The topological polar surface area (TPSA) is 158 Å². The molecular weight excluding hydrogens is 654 g/mol. The maximum atomic E-state index is 13.9. The SMILES string of the molecule is CCOC(=O)n1cc(C2O[C@H](COC(=O)c3ccc(C)cc3)[C@@H](OC(=O)c3ccc(C)cc3)[C@@]2(C)OC(=O)c2ccc(C)cc2)c(N)c1C1=NC1. The van der Waals surface area contributed by atoms with Gasteiger partial charge in [-0.15, -0.1) is 0 Å². The molecule has 264 valence electrons. The van der Waals surface area contributed by atoms with Crippen molar-refractivity contribution in [3.05, 3.63) is 124 Å². The zero-order chi connectivity index (χ0) is 36.4. The highest BCUT2D eigenvalue weighted by atomic mass is 16.7. The van der Waals surface area contributed by atoms with Crippen molar-refractivity contribution in [2.75, 3.05) is 25.5 Å². The molecule has 1 unspecified atom stereocenters. The van der Waals surface area contributed by atoms with E-state index in [1.807, 2.05) is 20.8 Å². The Morgan fingerprint density at radius 2 is 1.33 bits per heavy atom. The molecule has 0 spiro atoms. The van der Waals surface area contributed by atoms with Crippen LogP contribution in [0.25, 0.3) is 0 Å². The molecule has 4 aromatic rings. The minimum atomic E-state index is -1.78. The van der Waals surface area contributed by atoms with Crippen molar-refractivity contribution < 1.29 is 42.9 Å². The Labute approximate surface area is 295 Å². The second-order valence-corrected chi connectivity index (χ2v) is 12.8. The van der Waals surface area contributed by atoms with Gasteiger partial charge in [-0.25, -0.2) is 23.7 Å². The molecule has 2 aliphatic heterocycles. The van der Waals surface area contributed by atoms with Crippen LogP contribution >= 0.6 is 0 Å². The lowest BCUT2D eigenvalue weighted by molar-refractivity contribution is -0.0887. The fraction of sp³-hybridized carbons (Fsp3) is 0.308. The van der Waals surface area contributed by atoms with Crippen molar-refractivity contribution in [2.24, 2.45) is 4.99 Å². The number of esters is 3. The van der Waals surface area contributed by atoms with Gasteiger partial charge in [0.2, 0.25) is 0 Å². The summed E-state index contributed by atoms with van der Waals surface area (Å²) in [5, 5.41) is 0. The Bertz CT molecular complexity index is 2000. The number of rotatable bonds is 10.